The molecule has 3 aromatic carbocycles. The zero-order valence-electron chi connectivity index (χ0n) is 16.8. The summed E-state index contributed by atoms with van der Waals surface area (Å²) in [5.41, 5.74) is 1.37. The maximum atomic E-state index is 3.20. The fraction of sp³-hybridized carbons (Fsp3) is 0.200. The molecule has 0 aromatic heterocycles. The van der Waals surface area contributed by atoms with Crippen LogP contribution in [-0.2, 0) is 24.2 Å². The predicted octanol–water partition coefficient (Wildman–Crippen LogP) is 6.89. The molecule has 0 unspecified atom stereocenters. The van der Waals surface area contributed by atoms with Crippen molar-refractivity contribution in [3.05, 3.63) is 102 Å². The van der Waals surface area contributed by atoms with Gasteiger partial charge in [0.25, 0.3) is 0 Å². The summed E-state index contributed by atoms with van der Waals surface area (Å²) in [5, 5.41) is 4.22. The zero-order chi connectivity index (χ0) is 19.7. The van der Waals surface area contributed by atoms with Gasteiger partial charge in [0.05, 0.1) is 0 Å². The molecule has 0 saturated carbocycles. The van der Waals surface area contributed by atoms with Gasteiger partial charge in [0.2, 0.25) is 0 Å². The molecule has 0 saturated heterocycles. The Hall–Kier alpha value is -1.50. The molecule has 136 valence electrons. The SMILES string of the molecule is C[C](=[Zr+2])c1ccccc1.C[Si](C)(C)C1=CC[C-]=C1.c1ccc2[cH-]ccc2c1. The van der Waals surface area contributed by atoms with Gasteiger partial charge in [-0.3, -0.25) is 6.08 Å². The Morgan fingerprint density at radius 2 is 1.63 bits per heavy atom. The number of benzene rings is 2. The molecule has 0 atom stereocenters. The van der Waals surface area contributed by atoms with E-state index in [-0.39, 0.29) is 0 Å². The van der Waals surface area contributed by atoms with Crippen LogP contribution in [-0.4, -0.2) is 11.3 Å². The molecule has 1 aliphatic rings. The molecule has 0 heterocycles. The largest absolute Gasteiger partial charge is 0.273 e. The van der Waals surface area contributed by atoms with E-state index in [4.69, 9.17) is 0 Å². The van der Waals surface area contributed by atoms with Crippen LogP contribution in [0.1, 0.15) is 18.9 Å². The minimum atomic E-state index is -0.981. The maximum Gasteiger partial charge on any atom is -0.0114 e. The molecule has 0 spiro atoms. The molecule has 2 heteroatoms. The van der Waals surface area contributed by atoms with Crippen LogP contribution in [0.5, 0.6) is 0 Å². The van der Waals surface area contributed by atoms with Crippen LogP contribution in [0.25, 0.3) is 10.8 Å². The van der Waals surface area contributed by atoms with Crippen LogP contribution in [0.15, 0.2) is 90.1 Å². The second kappa shape index (κ2) is 10.7. The van der Waals surface area contributed by atoms with Gasteiger partial charge in [0.1, 0.15) is 0 Å². The third-order valence-corrected chi connectivity index (χ3v) is 7.11. The molecule has 0 nitrogen and oxygen atoms in total. The van der Waals surface area contributed by atoms with Crippen LogP contribution in [0.2, 0.25) is 19.6 Å². The molecule has 0 bridgehead atoms. The number of hydrogen-bond acceptors (Lipinski definition) is 0. The molecule has 0 radical (unpaired) electrons. The van der Waals surface area contributed by atoms with E-state index < -0.39 is 8.07 Å². The summed E-state index contributed by atoms with van der Waals surface area (Å²) in [4.78, 5) is 0. The number of rotatable bonds is 2. The summed E-state index contributed by atoms with van der Waals surface area (Å²) >= 11 is 1.51. The van der Waals surface area contributed by atoms with E-state index in [9.17, 15) is 0 Å². The summed E-state index contributed by atoms with van der Waals surface area (Å²) in [6, 6.07) is 25.1. The quantitative estimate of drug-likeness (QED) is 0.296. The van der Waals surface area contributed by atoms with Crippen molar-refractivity contribution in [3.8, 4) is 0 Å². The Labute approximate surface area is 180 Å². The van der Waals surface area contributed by atoms with Gasteiger partial charge in [-0.05, 0) is 8.07 Å². The van der Waals surface area contributed by atoms with Crippen molar-refractivity contribution in [2.45, 2.75) is 33.0 Å². The Morgan fingerprint density at radius 1 is 0.963 bits per heavy atom. The Morgan fingerprint density at radius 3 is 2.11 bits per heavy atom. The third kappa shape index (κ3) is 7.56. The standard InChI is InChI=1S/C9H7.C8H13Si.C8H8.Zr/c1-2-5-9-7-3-6-8(9)4-1;1-9(2,3)8-6-4-5-7-8;1-2-8-6-4-3-5-7-8;/h1-7H;6-7H,4H2,1-3H3;3-7H,1H3;/q2*-1;;+2. The molecule has 0 N–H and O–H groups in total. The number of hydrogen-bond donors (Lipinski definition) is 0. The summed E-state index contributed by atoms with van der Waals surface area (Å²) < 4.78 is 1.46. The first-order valence-corrected chi connectivity index (χ1v) is 14.1. The molecular weight excluding hydrogens is 420 g/mol. The molecule has 27 heavy (non-hydrogen) atoms. The fourth-order valence-electron chi connectivity index (χ4n) is 2.68. The number of allylic oxidation sites excluding steroid dienone is 4. The molecule has 0 aliphatic heterocycles. The summed E-state index contributed by atoms with van der Waals surface area (Å²) in [7, 11) is -0.981. The molecule has 1 aliphatic carbocycles. The smallest absolute Gasteiger partial charge is 0.0114 e. The van der Waals surface area contributed by atoms with E-state index in [1.807, 2.05) is 6.07 Å². The van der Waals surface area contributed by atoms with Crippen molar-refractivity contribution >= 4 is 22.1 Å². The van der Waals surface area contributed by atoms with Gasteiger partial charge in [0.15, 0.2) is 0 Å². The van der Waals surface area contributed by atoms with Crippen LogP contribution in [0, 0.1) is 6.08 Å². The first-order chi connectivity index (χ1) is 12.9. The van der Waals surface area contributed by atoms with Crippen molar-refractivity contribution in [1.29, 1.82) is 0 Å². The molecule has 4 rings (SSSR count). The Balaban J connectivity index is 0.000000145. The summed E-state index contributed by atoms with van der Waals surface area (Å²) in [6.45, 7) is 9.25. The van der Waals surface area contributed by atoms with E-state index in [0.29, 0.717) is 0 Å². The fourth-order valence-corrected chi connectivity index (χ4v) is 4.34. The van der Waals surface area contributed by atoms with Crippen molar-refractivity contribution in [2.75, 3.05) is 0 Å². The van der Waals surface area contributed by atoms with Gasteiger partial charge in [-0.2, -0.15) is 23.6 Å². The van der Waals surface area contributed by atoms with Crippen LogP contribution >= 0.6 is 0 Å². The van der Waals surface area contributed by atoms with Gasteiger partial charge < -0.3 is 0 Å². The van der Waals surface area contributed by atoms with Crippen molar-refractivity contribution in [3.63, 3.8) is 0 Å². The average Bonchev–Trinajstić information content (AvgIpc) is 3.35. The summed E-state index contributed by atoms with van der Waals surface area (Å²) in [5.74, 6) is 0. The van der Waals surface area contributed by atoms with E-state index in [1.54, 1.807) is 5.20 Å². The van der Waals surface area contributed by atoms with E-state index in [0.717, 1.165) is 6.42 Å². The van der Waals surface area contributed by atoms with Gasteiger partial charge in [0, 0.05) is 0 Å². The van der Waals surface area contributed by atoms with Crippen molar-refractivity contribution < 1.29 is 24.2 Å². The second-order valence-corrected chi connectivity index (χ2v) is 14.5. The van der Waals surface area contributed by atoms with Crippen molar-refractivity contribution in [2.24, 2.45) is 0 Å². The average molecular weight is 448 g/mol. The normalized spacial score (nSPS) is 12.6. The van der Waals surface area contributed by atoms with Crippen molar-refractivity contribution in [1.82, 2.24) is 0 Å². The monoisotopic (exact) mass is 446 g/mol. The molecule has 0 amide bonds. The zero-order valence-corrected chi connectivity index (χ0v) is 20.2. The molecule has 3 aromatic rings. The second-order valence-electron chi connectivity index (χ2n) is 7.61. The van der Waals surface area contributed by atoms with Gasteiger partial charge >= 0.3 is 70.3 Å². The topological polar surface area (TPSA) is 0 Å². The first kappa shape index (κ1) is 21.8. The van der Waals surface area contributed by atoms with E-state index in [1.165, 1.54) is 43.8 Å². The van der Waals surface area contributed by atoms with Gasteiger partial charge in [-0.25, -0.2) is 11.3 Å². The van der Waals surface area contributed by atoms with E-state index >= 15 is 0 Å². The Kier molecular flexibility index (Phi) is 8.67. The minimum absolute atomic E-state index is 0.981. The predicted molar refractivity (Wildman–Crippen MR) is 120 cm³/mol. The number of fused-ring (bicyclic) bond motifs is 1. The van der Waals surface area contributed by atoms with Gasteiger partial charge in [-0.15, -0.1) is 36.1 Å². The molecule has 0 fully saturated rings. The van der Waals surface area contributed by atoms with Crippen LogP contribution in [0.3, 0.4) is 0 Å². The van der Waals surface area contributed by atoms with E-state index in [2.05, 4.69) is 112 Å². The Bertz CT molecular complexity index is 878. The van der Waals surface area contributed by atoms with Gasteiger partial charge in [-0.1, -0.05) is 25.7 Å². The van der Waals surface area contributed by atoms with Crippen LogP contribution < -0.4 is 0 Å². The summed E-state index contributed by atoms with van der Waals surface area (Å²) in [6.07, 6.45) is 8.69. The minimum Gasteiger partial charge on any atom is -0.273 e. The van der Waals surface area contributed by atoms with Crippen LogP contribution in [0.4, 0.5) is 0 Å². The third-order valence-electron chi connectivity index (χ3n) is 4.32. The molecular formula is C25H28SiZr. The first-order valence-electron chi connectivity index (χ1n) is 9.36. The maximum absolute atomic E-state index is 3.20.